The van der Waals surface area contributed by atoms with E-state index in [0.717, 1.165) is 25.1 Å². The molecule has 8 heteroatoms. The molecule has 0 aliphatic carbocycles. The highest BCUT2D eigenvalue weighted by Gasteiger charge is 2.40. The highest BCUT2D eigenvalue weighted by molar-refractivity contribution is 9.10. The molecule has 0 aromatic heterocycles. The first-order valence-corrected chi connectivity index (χ1v) is 13.3. The highest BCUT2D eigenvalue weighted by Crippen LogP contribution is 2.38. The molecule has 1 aromatic rings. The Morgan fingerprint density at radius 3 is 2.64 bits per heavy atom. The first-order valence-electron chi connectivity index (χ1n) is 9.62. The van der Waals surface area contributed by atoms with Gasteiger partial charge in [0.2, 0.25) is 0 Å². The van der Waals surface area contributed by atoms with E-state index < -0.39 is 14.4 Å². The Bertz CT molecular complexity index is 711. The molecule has 2 rings (SSSR count). The lowest BCUT2D eigenvalue weighted by atomic mass is 10.1. The molecule has 1 amide bonds. The van der Waals surface area contributed by atoms with Crippen LogP contribution in [-0.2, 0) is 4.43 Å². The number of amides is 1. The summed E-state index contributed by atoms with van der Waals surface area (Å²) in [4.78, 5) is 15.1. The summed E-state index contributed by atoms with van der Waals surface area (Å²) in [5.41, 5.74) is 0.770. The molecule has 1 aliphatic heterocycles. The van der Waals surface area contributed by atoms with Gasteiger partial charge in [0.05, 0.1) is 16.6 Å². The molecule has 28 heavy (non-hydrogen) atoms. The number of hydrogen-bond acceptors (Lipinski definition) is 3. The molecular weight excluding hydrogens is 443 g/mol. The van der Waals surface area contributed by atoms with Crippen molar-refractivity contribution in [2.45, 2.75) is 57.5 Å². The average molecular weight is 475 g/mol. The standard InChI is InChI=1S/C20H32BrFN2O3Si/c1-20(2,3)28(5,6)27-15-9-10-24(12-15)13-18(23(4)19(25)26)14-7-8-17(22)16(21)11-14/h7-8,11,15,18H,9-10,12-13H2,1-6H3,(H,25,26)/t15-,18+/m0/s1. The number of rotatable bonds is 6. The van der Waals surface area contributed by atoms with Crippen LogP contribution in [0.5, 0.6) is 0 Å². The van der Waals surface area contributed by atoms with Gasteiger partial charge in [0, 0.05) is 26.7 Å². The van der Waals surface area contributed by atoms with Crippen LogP contribution in [0.2, 0.25) is 18.1 Å². The lowest BCUT2D eigenvalue weighted by Gasteiger charge is -2.38. The number of carbonyl (C=O) groups is 1. The van der Waals surface area contributed by atoms with Gasteiger partial charge in [-0.1, -0.05) is 26.8 Å². The molecule has 1 aromatic carbocycles. The average Bonchev–Trinajstić information content (AvgIpc) is 3.00. The van der Waals surface area contributed by atoms with Crippen LogP contribution in [-0.4, -0.2) is 62.1 Å². The molecule has 0 saturated carbocycles. The van der Waals surface area contributed by atoms with E-state index in [4.69, 9.17) is 4.43 Å². The van der Waals surface area contributed by atoms with E-state index in [1.807, 2.05) is 0 Å². The minimum atomic E-state index is -1.84. The fourth-order valence-electron chi connectivity index (χ4n) is 3.20. The Morgan fingerprint density at radius 1 is 1.46 bits per heavy atom. The maximum atomic E-state index is 13.6. The van der Waals surface area contributed by atoms with Crippen LogP contribution in [0.25, 0.3) is 0 Å². The molecule has 0 radical (unpaired) electrons. The van der Waals surface area contributed by atoms with E-state index in [1.165, 1.54) is 11.0 Å². The summed E-state index contributed by atoms with van der Waals surface area (Å²) in [5.74, 6) is -0.357. The third-order valence-corrected chi connectivity index (χ3v) is 11.2. The lowest BCUT2D eigenvalue weighted by molar-refractivity contribution is 0.121. The highest BCUT2D eigenvalue weighted by atomic mass is 79.9. The van der Waals surface area contributed by atoms with Gasteiger partial charge in [-0.2, -0.15) is 0 Å². The van der Waals surface area contributed by atoms with Crippen molar-refractivity contribution < 1.29 is 18.7 Å². The minimum Gasteiger partial charge on any atom is -0.465 e. The van der Waals surface area contributed by atoms with Gasteiger partial charge < -0.3 is 14.4 Å². The van der Waals surface area contributed by atoms with Gasteiger partial charge in [-0.15, -0.1) is 0 Å². The summed E-state index contributed by atoms with van der Waals surface area (Å²) in [7, 11) is -0.276. The van der Waals surface area contributed by atoms with Crippen molar-refractivity contribution in [2.24, 2.45) is 0 Å². The number of likely N-dealkylation sites (N-methyl/N-ethyl adjacent to an activating group) is 1. The van der Waals surface area contributed by atoms with Crippen LogP contribution >= 0.6 is 15.9 Å². The van der Waals surface area contributed by atoms with Crippen molar-refractivity contribution >= 4 is 30.3 Å². The van der Waals surface area contributed by atoms with Gasteiger partial charge in [-0.05, 0) is 58.2 Å². The van der Waals surface area contributed by atoms with Crippen LogP contribution in [0.15, 0.2) is 22.7 Å². The summed E-state index contributed by atoms with van der Waals surface area (Å²) >= 11 is 3.20. The van der Waals surface area contributed by atoms with Gasteiger partial charge in [-0.25, -0.2) is 9.18 Å². The molecule has 0 spiro atoms. The Hall–Kier alpha value is -0.963. The molecule has 158 valence electrons. The molecule has 5 nitrogen and oxygen atoms in total. The number of nitrogens with zero attached hydrogens (tertiary/aromatic N) is 2. The molecule has 0 bridgehead atoms. The predicted molar refractivity (Wildman–Crippen MR) is 116 cm³/mol. The third-order valence-electron chi connectivity index (χ3n) is 6.03. The van der Waals surface area contributed by atoms with E-state index >= 15 is 0 Å². The molecule has 1 aliphatic rings. The zero-order valence-electron chi connectivity index (χ0n) is 17.6. The monoisotopic (exact) mass is 474 g/mol. The van der Waals surface area contributed by atoms with Crippen LogP contribution < -0.4 is 0 Å². The van der Waals surface area contributed by atoms with Crippen molar-refractivity contribution in [1.82, 2.24) is 9.80 Å². The minimum absolute atomic E-state index is 0.160. The normalized spacial score (nSPS) is 19.6. The summed E-state index contributed by atoms with van der Waals surface area (Å²) < 4.78 is 20.5. The first kappa shape index (κ1) is 23.3. The van der Waals surface area contributed by atoms with Gasteiger partial charge >= 0.3 is 6.09 Å². The number of benzene rings is 1. The molecule has 2 atom stereocenters. The fourth-order valence-corrected chi connectivity index (χ4v) is 4.98. The molecule has 0 unspecified atom stereocenters. The largest absolute Gasteiger partial charge is 0.465 e. The van der Waals surface area contributed by atoms with Crippen LogP contribution in [0, 0.1) is 5.82 Å². The molecule has 1 saturated heterocycles. The van der Waals surface area contributed by atoms with Gasteiger partial charge in [0.15, 0.2) is 8.32 Å². The second-order valence-corrected chi connectivity index (χ2v) is 14.7. The third kappa shape index (κ3) is 5.55. The van der Waals surface area contributed by atoms with Crippen molar-refractivity contribution in [1.29, 1.82) is 0 Å². The fraction of sp³-hybridized carbons (Fsp3) is 0.650. The van der Waals surface area contributed by atoms with E-state index in [1.54, 1.807) is 19.2 Å². The van der Waals surface area contributed by atoms with Gasteiger partial charge in [0.25, 0.3) is 0 Å². The van der Waals surface area contributed by atoms with Crippen molar-refractivity contribution in [3.8, 4) is 0 Å². The SMILES string of the molecule is CN(C(=O)O)[C@H](CN1CC[C@H](O[Si](C)(C)C(C)(C)C)C1)c1ccc(F)c(Br)c1. The summed E-state index contributed by atoms with van der Waals surface area (Å²) in [6, 6.07) is 4.32. The van der Waals surface area contributed by atoms with Crippen molar-refractivity contribution in [3.05, 3.63) is 34.1 Å². The first-order chi connectivity index (χ1) is 12.8. The van der Waals surface area contributed by atoms with E-state index in [0.29, 0.717) is 11.0 Å². The van der Waals surface area contributed by atoms with Crippen LogP contribution in [0.3, 0.4) is 0 Å². The Labute approximate surface area is 177 Å². The Kier molecular flexibility index (Phi) is 7.34. The summed E-state index contributed by atoms with van der Waals surface area (Å²) in [6.07, 6.45) is 0.124. The number of hydrogen-bond donors (Lipinski definition) is 1. The van der Waals surface area contributed by atoms with Gasteiger partial charge in [0.1, 0.15) is 5.82 Å². The van der Waals surface area contributed by atoms with Gasteiger partial charge in [-0.3, -0.25) is 4.90 Å². The number of likely N-dealkylation sites (tertiary alicyclic amines) is 1. The van der Waals surface area contributed by atoms with E-state index in [2.05, 4.69) is 54.7 Å². The Morgan fingerprint density at radius 2 is 2.11 bits per heavy atom. The molecular formula is C20H32BrFN2O3Si. The van der Waals surface area contributed by atoms with Crippen molar-refractivity contribution in [3.63, 3.8) is 0 Å². The van der Waals surface area contributed by atoms with Crippen LogP contribution in [0.4, 0.5) is 9.18 Å². The second kappa shape index (κ2) is 8.81. The van der Waals surface area contributed by atoms with E-state index in [9.17, 15) is 14.3 Å². The van der Waals surface area contributed by atoms with Crippen LogP contribution in [0.1, 0.15) is 38.8 Å². The quantitative estimate of drug-likeness (QED) is 0.565. The summed E-state index contributed by atoms with van der Waals surface area (Å²) in [5, 5.41) is 9.67. The molecule has 1 fully saturated rings. The maximum absolute atomic E-state index is 13.6. The Balaban J connectivity index is 2.11. The zero-order chi connectivity index (χ0) is 21.3. The molecule has 1 heterocycles. The number of carboxylic acid groups (broad SMARTS) is 1. The topological polar surface area (TPSA) is 53.0 Å². The van der Waals surface area contributed by atoms with Crippen molar-refractivity contribution in [2.75, 3.05) is 26.7 Å². The lowest BCUT2D eigenvalue weighted by Crippen LogP contribution is -2.45. The summed E-state index contributed by atoms with van der Waals surface area (Å²) in [6.45, 7) is 13.4. The molecule has 1 N–H and O–H groups in total. The zero-order valence-corrected chi connectivity index (χ0v) is 20.2. The number of halogens is 2. The second-order valence-electron chi connectivity index (χ2n) is 9.13. The van der Waals surface area contributed by atoms with E-state index in [-0.39, 0.29) is 23.0 Å². The predicted octanol–water partition coefficient (Wildman–Crippen LogP) is 5.34. The maximum Gasteiger partial charge on any atom is 0.407 e. The smallest absolute Gasteiger partial charge is 0.407 e.